The standard InChI is InChI=1S/C17H20O2/c1-4-18-15-12-11-13(3)16(17(15)19-5-2)14-9-7-6-8-10-14/h6-12H,4-5H2,1-3H3. The third kappa shape index (κ3) is 2.90. The van der Waals surface area contributed by atoms with E-state index in [-0.39, 0.29) is 0 Å². The Balaban J connectivity index is 2.59. The van der Waals surface area contributed by atoms with Crippen molar-refractivity contribution >= 4 is 0 Å². The van der Waals surface area contributed by atoms with Crippen molar-refractivity contribution in [2.75, 3.05) is 13.2 Å². The monoisotopic (exact) mass is 256 g/mol. The maximum atomic E-state index is 5.83. The van der Waals surface area contributed by atoms with Crippen LogP contribution in [0.15, 0.2) is 42.5 Å². The second-order valence-electron chi connectivity index (χ2n) is 4.32. The van der Waals surface area contributed by atoms with Crippen LogP contribution in [0.5, 0.6) is 11.5 Å². The Morgan fingerprint density at radius 2 is 1.53 bits per heavy atom. The lowest BCUT2D eigenvalue weighted by Gasteiger charge is -2.17. The van der Waals surface area contributed by atoms with E-state index in [2.05, 4.69) is 25.1 Å². The van der Waals surface area contributed by atoms with E-state index in [0.717, 1.165) is 22.6 Å². The molecule has 2 rings (SSSR count). The van der Waals surface area contributed by atoms with Gasteiger partial charge in [-0.05, 0) is 38.0 Å². The third-order valence-electron chi connectivity index (χ3n) is 2.98. The van der Waals surface area contributed by atoms with Crippen LogP contribution in [0.2, 0.25) is 0 Å². The summed E-state index contributed by atoms with van der Waals surface area (Å²) in [6, 6.07) is 14.4. The van der Waals surface area contributed by atoms with E-state index in [1.165, 1.54) is 5.56 Å². The van der Waals surface area contributed by atoms with Gasteiger partial charge in [-0.3, -0.25) is 0 Å². The first kappa shape index (κ1) is 13.5. The lowest BCUT2D eigenvalue weighted by molar-refractivity contribution is 0.288. The summed E-state index contributed by atoms with van der Waals surface area (Å²) < 4.78 is 11.5. The Morgan fingerprint density at radius 3 is 2.16 bits per heavy atom. The molecule has 2 nitrogen and oxygen atoms in total. The van der Waals surface area contributed by atoms with Crippen LogP contribution in [0.1, 0.15) is 19.4 Å². The van der Waals surface area contributed by atoms with Gasteiger partial charge in [0.2, 0.25) is 0 Å². The van der Waals surface area contributed by atoms with Crippen LogP contribution in [0.4, 0.5) is 0 Å². The van der Waals surface area contributed by atoms with Gasteiger partial charge in [0, 0.05) is 5.56 Å². The van der Waals surface area contributed by atoms with Crippen molar-refractivity contribution in [1.29, 1.82) is 0 Å². The zero-order chi connectivity index (χ0) is 13.7. The van der Waals surface area contributed by atoms with Crippen molar-refractivity contribution in [3.05, 3.63) is 48.0 Å². The van der Waals surface area contributed by atoms with E-state index in [0.29, 0.717) is 13.2 Å². The molecule has 0 saturated carbocycles. The molecule has 0 aliphatic rings. The topological polar surface area (TPSA) is 18.5 Å². The predicted molar refractivity (Wildman–Crippen MR) is 79.0 cm³/mol. The molecule has 0 saturated heterocycles. The number of rotatable bonds is 5. The first-order chi connectivity index (χ1) is 9.27. The Bertz CT molecular complexity index is 532. The molecule has 0 fully saturated rings. The molecular formula is C17H20O2. The summed E-state index contributed by atoms with van der Waals surface area (Å²) in [5.41, 5.74) is 3.47. The second-order valence-corrected chi connectivity index (χ2v) is 4.32. The molecule has 0 N–H and O–H groups in total. The van der Waals surface area contributed by atoms with Crippen LogP contribution in [0.25, 0.3) is 11.1 Å². The van der Waals surface area contributed by atoms with Gasteiger partial charge in [-0.2, -0.15) is 0 Å². The molecule has 2 aromatic carbocycles. The van der Waals surface area contributed by atoms with Gasteiger partial charge in [0.15, 0.2) is 11.5 Å². The number of hydrogen-bond donors (Lipinski definition) is 0. The Morgan fingerprint density at radius 1 is 0.842 bits per heavy atom. The molecule has 19 heavy (non-hydrogen) atoms. The largest absolute Gasteiger partial charge is 0.490 e. The lowest BCUT2D eigenvalue weighted by atomic mass is 9.99. The Labute approximate surface area is 115 Å². The quantitative estimate of drug-likeness (QED) is 0.786. The summed E-state index contributed by atoms with van der Waals surface area (Å²) >= 11 is 0. The summed E-state index contributed by atoms with van der Waals surface area (Å²) in [5, 5.41) is 0. The average Bonchev–Trinajstić information content (AvgIpc) is 2.43. The molecule has 0 atom stereocenters. The summed E-state index contributed by atoms with van der Waals surface area (Å²) in [4.78, 5) is 0. The number of benzene rings is 2. The molecule has 0 spiro atoms. The van der Waals surface area contributed by atoms with Gasteiger partial charge in [0.05, 0.1) is 13.2 Å². The SMILES string of the molecule is CCOc1ccc(C)c(-c2ccccc2)c1OCC. The third-order valence-corrected chi connectivity index (χ3v) is 2.98. The molecule has 0 amide bonds. The Hall–Kier alpha value is -1.96. The fraction of sp³-hybridized carbons (Fsp3) is 0.294. The molecule has 0 aromatic heterocycles. The minimum atomic E-state index is 0.628. The van der Waals surface area contributed by atoms with Gasteiger partial charge in [0.1, 0.15) is 0 Å². The fourth-order valence-electron chi connectivity index (χ4n) is 2.18. The van der Waals surface area contributed by atoms with Crippen LogP contribution >= 0.6 is 0 Å². The molecule has 2 heteroatoms. The molecule has 0 aliphatic carbocycles. The van der Waals surface area contributed by atoms with Crippen LogP contribution in [-0.4, -0.2) is 13.2 Å². The smallest absolute Gasteiger partial charge is 0.169 e. The van der Waals surface area contributed by atoms with E-state index in [1.807, 2.05) is 38.1 Å². The molecule has 0 unspecified atom stereocenters. The normalized spacial score (nSPS) is 10.3. The van der Waals surface area contributed by atoms with E-state index < -0.39 is 0 Å². The summed E-state index contributed by atoms with van der Waals surface area (Å²) in [7, 11) is 0. The molecule has 0 heterocycles. The van der Waals surface area contributed by atoms with Crippen LogP contribution < -0.4 is 9.47 Å². The molecule has 0 bridgehead atoms. The number of aryl methyl sites for hydroxylation is 1. The highest BCUT2D eigenvalue weighted by Crippen LogP contribution is 2.40. The van der Waals surface area contributed by atoms with Gasteiger partial charge >= 0.3 is 0 Å². The summed E-state index contributed by atoms with van der Waals surface area (Å²) in [6.45, 7) is 7.34. The Kier molecular flexibility index (Phi) is 4.45. The maximum absolute atomic E-state index is 5.83. The fourth-order valence-corrected chi connectivity index (χ4v) is 2.18. The highest BCUT2D eigenvalue weighted by atomic mass is 16.5. The first-order valence-corrected chi connectivity index (χ1v) is 6.72. The van der Waals surface area contributed by atoms with Crippen molar-refractivity contribution < 1.29 is 9.47 Å². The number of ether oxygens (including phenoxy) is 2. The molecule has 2 aromatic rings. The molecule has 100 valence electrons. The van der Waals surface area contributed by atoms with Gasteiger partial charge in [-0.1, -0.05) is 36.4 Å². The maximum Gasteiger partial charge on any atom is 0.169 e. The average molecular weight is 256 g/mol. The zero-order valence-corrected chi connectivity index (χ0v) is 11.8. The van der Waals surface area contributed by atoms with Crippen LogP contribution in [-0.2, 0) is 0 Å². The van der Waals surface area contributed by atoms with Crippen molar-refractivity contribution in [2.45, 2.75) is 20.8 Å². The van der Waals surface area contributed by atoms with E-state index >= 15 is 0 Å². The summed E-state index contributed by atoms with van der Waals surface area (Å²) in [6.07, 6.45) is 0. The zero-order valence-electron chi connectivity index (χ0n) is 11.8. The number of hydrogen-bond acceptors (Lipinski definition) is 2. The van der Waals surface area contributed by atoms with Crippen LogP contribution in [0.3, 0.4) is 0 Å². The first-order valence-electron chi connectivity index (χ1n) is 6.72. The predicted octanol–water partition coefficient (Wildman–Crippen LogP) is 4.46. The van der Waals surface area contributed by atoms with Gasteiger partial charge in [0.25, 0.3) is 0 Å². The minimum Gasteiger partial charge on any atom is -0.490 e. The van der Waals surface area contributed by atoms with Crippen LogP contribution in [0, 0.1) is 6.92 Å². The van der Waals surface area contributed by atoms with E-state index in [9.17, 15) is 0 Å². The van der Waals surface area contributed by atoms with E-state index in [4.69, 9.17) is 9.47 Å². The van der Waals surface area contributed by atoms with Crippen molar-refractivity contribution in [3.63, 3.8) is 0 Å². The lowest BCUT2D eigenvalue weighted by Crippen LogP contribution is -2.01. The van der Waals surface area contributed by atoms with Gasteiger partial charge in [-0.25, -0.2) is 0 Å². The second kappa shape index (κ2) is 6.28. The van der Waals surface area contributed by atoms with E-state index in [1.54, 1.807) is 0 Å². The van der Waals surface area contributed by atoms with Gasteiger partial charge < -0.3 is 9.47 Å². The molecule has 0 aliphatic heterocycles. The van der Waals surface area contributed by atoms with Gasteiger partial charge in [-0.15, -0.1) is 0 Å². The highest BCUT2D eigenvalue weighted by molar-refractivity contribution is 5.77. The molecular weight excluding hydrogens is 236 g/mol. The minimum absolute atomic E-state index is 0.628. The summed E-state index contributed by atoms with van der Waals surface area (Å²) in [5.74, 6) is 1.66. The van der Waals surface area contributed by atoms with Crippen molar-refractivity contribution in [3.8, 4) is 22.6 Å². The van der Waals surface area contributed by atoms with Crippen molar-refractivity contribution in [1.82, 2.24) is 0 Å². The molecule has 0 radical (unpaired) electrons. The van der Waals surface area contributed by atoms with Crippen molar-refractivity contribution in [2.24, 2.45) is 0 Å². The highest BCUT2D eigenvalue weighted by Gasteiger charge is 2.15.